The molecule has 2 rings (SSSR count). The Bertz CT molecular complexity index is 448. The van der Waals surface area contributed by atoms with Gasteiger partial charge in [-0.3, -0.25) is 10.1 Å². The summed E-state index contributed by atoms with van der Waals surface area (Å²) in [5.41, 5.74) is 0.611. The van der Waals surface area contributed by atoms with Crippen LogP contribution in [-0.2, 0) is 4.74 Å². The molecule has 1 heterocycles. The standard InChI is InChI=1S/C12H15NO5/c1-17-11-3-2-8(13(15)16)6-10(11)12-7-9(14)4-5-18-12/h2-3,6,9,12,14H,4-5,7H2,1H3. The Kier molecular flexibility index (Phi) is 3.78. The highest BCUT2D eigenvalue weighted by Gasteiger charge is 2.26. The third-order valence-electron chi connectivity index (χ3n) is 3.03. The predicted molar refractivity (Wildman–Crippen MR) is 63.6 cm³/mol. The van der Waals surface area contributed by atoms with Gasteiger partial charge in [-0.05, 0) is 12.5 Å². The van der Waals surface area contributed by atoms with Crippen LogP contribution in [0.4, 0.5) is 5.69 Å². The van der Waals surface area contributed by atoms with Gasteiger partial charge in [0.1, 0.15) is 5.75 Å². The number of ether oxygens (including phenoxy) is 2. The van der Waals surface area contributed by atoms with E-state index in [9.17, 15) is 15.2 Å². The number of nitro benzene ring substituents is 1. The fourth-order valence-corrected chi connectivity index (χ4v) is 2.08. The summed E-state index contributed by atoms with van der Waals surface area (Å²) in [5.74, 6) is 0.541. The van der Waals surface area contributed by atoms with E-state index in [-0.39, 0.29) is 11.8 Å². The SMILES string of the molecule is COc1ccc([N+](=O)[O-])cc1C1CC(O)CCO1. The number of methoxy groups -OCH3 is 1. The molecule has 1 aliphatic rings. The van der Waals surface area contributed by atoms with Crippen molar-refractivity contribution in [1.29, 1.82) is 0 Å². The highest BCUT2D eigenvalue weighted by atomic mass is 16.6. The average molecular weight is 253 g/mol. The minimum absolute atomic E-state index is 0.00513. The van der Waals surface area contributed by atoms with Crippen molar-refractivity contribution in [3.8, 4) is 5.75 Å². The van der Waals surface area contributed by atoms with Crippen molar-refractivity contribution in [2.45, 2.75) is 25.0 Å². The number of aliphatic hydroxyl groups is 1. The fourth-order valence-electron chi connectivity index (χ4n) is 2.08. The second kappa shape index (κ2) is 5.32. The summed E-state index contributed by atoms with van der Waals surface area (Å²) in [4.78, 5) is 10.3. The first kappa shape index (κ1) is 12.8. The van der Waals surface area contributed by atoms with E-state index in [4.69, 9.17) is 9.47 Å². The molecule has 18 heavy (non-hydrogen) atoms. The molecule has 0 aliphatic carbocycles. The zero-order chi connectivity index (χ0) is 13.1. The highest BCUT2D eigenvalue weighted by Crippen LogP contribution is 2.36. The Morgan fingerprint density at radius 3 is 2.94 bits per heavy atom. The van der Waals surface area contributed by atoms with Gasteiger partial charge in [-0.15, -0.1) is 0 Å². The maximum Gasteiger partial charge on any atom is 0.270 e. The molecule has 1 saturated heterocycles. The van der Waals surface area contributed by atoms with Crippen molar-refractivity contribution in [3.63, 3.8) is 0 Å². The third kappa shape index (κ3) is 2.60. The van der Waals surface area contributed by atoms with Crippen molar-refractivity contribution in [2.75, 3.05) is 13.7 Å². The summed E-state index contributed by atoms with van der Waals surface area (Å²) in [6.07, 6.45) is 0.224. The molecule has 98 valence electrons. The molecule has 0 bridgehead atoms. The van der Waals surface area contributed by atoms with Gasteiger partial charge in [0.15, 0.2) is 0 Å². The Labute approximate surface area is 104 Å². The van der Waals surface area contributed by atoms with Crippen LogP contribution >= 0.6 is 0 Å². The van der Waals surface area contributed by atoms with Crippen LogP contribution in [0.15, 0.2) is 18.2 Å². The minimum atomic E-state index is -0.456. The number of hydrogen-bond acceptors (Lipinski definition) is 5. The lowest BCUT2D eigenvalue weighted by atomic mass is 9.98. The maximum absolute atomic E-state index is 10.8. The molecule has 0 saturated carbocycles. The average Bonchev–Trinajstić information content (AvgIpc) is 2.38. The quantitative estimate of drug-likeness (QED) is 0.656. The number of nitrogens with zero attached hydrogens (tertiary/aromatic N) is 1. The first-order valence-corrected chi connectivity index (χ1v) is 5.74. The molecule has 2 atom stereocenters. The molecule has 6 heteroatoms. The molecule has 0 spiro atoms. The van der Waals surface area contributed by atoms with E-state index in [0.29, 0.717) is 30.8 Å². The third-order valence-corrected chi connectivity index (χ3v) is 3.03. The molecule has 1 fully saturated rings. The van der Waals surface area contributed by atoms with E-state index in [1.807, 2.05) is 0 Å². The highest BCUT2D eigenvalue weighted by molar-refractivity contribution is 5.45. The van der Waals surface area contributed by atoms with Crippen LogP contribution in [-0.4, -0.2) is 29.9 Å². The van der Waals surface area contributed by atoms with E-state index in [1.54, 1.807) is 6.07 Å². The molecular formula is C12H15NO5. The molecule has 6 nitrogen and oxygen atoms in total. The topological polar surface area (TPSA) is 81.8 Å². The van der Waals surface area contributed by atoms with Gasteiger partial charge >= 0.3 is 0 Å². The van der Waals surface area contributed by atoms with Gasteiger partial charge in [-0.25, -0.2) is 0 Å². The maximum atomic E-state index is 10.8. The summed E-state index contributed by atoms with van der Waals surface area (Å²) >= 11 is 0. The predicted octanol–water partition coefficient (Wildman–Crippen LogP) is 1.82. The Morgan fingerprint density at radius 2 is 2.33 bits per heavy atom. The second-order valence-electron chi connectivity index (χ2n) is 4.22. The van der Waals surface area contributed by atoms with Gasteiger partial charge < -0.3 is 14.6 Å². The molecule has 1 N–H and O–H groups in total. The number of aliphatic hydroxyl groups excluding tert-OH is 1. The zero-order valence-corrected chi connectivity index (χ0v) is 10.0. The van der Waals surface area contributed by atoms with Gasteiger partial charge in [-0.2, -0.15) is 0 Å². The summed E-state index contributed by atoms with van der Waals surface area (Å²) < 4.78 is 10.7. The largest absolute Gasteiger partial charge is 0.496 e. The summed E-state index contributed by atoms with van der Waals surface area (Å²) in [7, 11) is 1.50. The second-order valence-corrected chi connectivity index (χ2v) is 4.22. The number of nitro groups is 1. The van der Waals surface area contributed by atoms with Crippen molar-refractivity contribution in [2.24, 2.45) is 0 Å². The summed E-state index contributed by atoms with van der Waals surface area (Å²) in [6, 6.07) is 4.39. The molecular weight excluding hydrogens is 238 g/mol. The smallest absolute Gasteiger partial charge is 0.270 e. The van der Waals surface area contributed by atoms with Crippen LogP contribution in [0, 0.1) is 10.1 Å². The Balaban J connectivity index is 2.33. The van der Waals surface area contributed by atoms with Crippen molar-refractivity contribution >= 4 is 5.69 Å². The number of rotatable bonds is 3. The summed E-state index contributed by atoms with van der Waals surface area (Å²) in [6.45, 7) is 0.442. The summed E-state index contributed by atoms with van der Waals surface area (Å²) in [5, 5.41) is 20.4. The Hall–Kier alpha value is -1.66. The van der Waals surface area contributed by atoms with Gasteiger partial charge in [0, 0.05) is 30.7 Å². The molecule has 1 aliphatic heterocycles. The van der Waals surface area contributed by atoms with Gasteiger partial charge in [0.2, 0.25) is 0 Å². The fraction of sp³-hybridized carbons (Fsp3) is 0.500. The van der Waals surface area contributed by atoms with Crippen LogP contribution < -0.4 is 4.74 Å². The lowest BCUT2D eigenvalue weighted by molar-refractivity contribution is -0.385. The minimum Gasteiger partial charge on any atom is -0.496 e. The Morgan fingerprint density at radius 1 is 1.56 bits per heavy atom. The van der Waals surface area contributed by atoms with E-state index in [0.717, 1.165) is 0 Å². The molecule has 0 amide bonds. The van der Waals surface area contributed by atoms with Crippen LogP contribution in [0.3, 0.4) is 0 Å². The lowest BCUT2D eigenvalue weighted by Gasteiger charge is -2.27. The van der Waals surface area contributed by atoms with Crippen molar-refractivity contribution in [3.05, 3.63) is 33.9 Å². The van der Waals surface area contributed by atoms with Gasteiger partial charge in [0.05, 0.1) is 24.2 Å². The van der Waals surface area contributed by atoms with Crippen LogP contribution in [0.25, 0.3) is 0 Å². The molecule has 0 radical (unpaired) electrons. The molecule has 1 aromatic carbocycles. The molecule has 0 aromatic heterocycles. The lowest BCUT2D eigenvalue weighted by Crippen LogP contribution is -2.23. The number of non-ortho nitro benzene ring substituents is 1. The zero-order valence-electron chi connectivity index (χ0n) is 10.0. The van der Waals surface area contributed by atoms with Crippen LogP contribution in [0.2, 0.25) is 0 Å². The van der Waals surface area contributed by atoms with Crippen molar-refractivity contribution < 1.29 is 19.5 Å². The van der Waals surface area contributed by atoms with E-state index in [2.05, 4.69) is 0 Å². The first-order chi connectivity index (χ1) is 8.61. The van der Waals surface area contributed by atoms with E-state index >= 15 is 0 Å². The normalized spacial score (nSPS) is 23.7. The first-order valence-electron chi connectivity index (χ1n) is 5.74. The van der Waals surface area contributed by atoms with E-state index in [1.165, 1.54) is 19.2 Å². The monoisotopic (exact) mass is 253 g/mol. The number of hydrogen-bond donors (Lipinski definition) is 1. The van der Waals surface area contributed by atoms with E-state index < -0.39 is 11.0 Å². The van der Waals surface area contributed by atoms with Gasteiger partial charge in [-0.1, -0.05) is 0 Å². The van der Waals surface area contributed by atoms with Gasteiger partial charge in [0.25, 0.3) is 5.69 Å². The number of benzene rings is 1. The van der Waals surface area contributed by atoms with Crippen LogP contribution in [0.1, 0.15) is 24.5 Å². The molecule has 1 aromatic rings. The van der Waals surface area contributed by atoms with Crippen molar-refractivity contribution in [1.82, 2.24) is 0 Å². The van der Waals surface area contributed by atoms with Crippen LogP contribution in [0.5, 0.6) is 5.75 Å². The molecule has 2 unspecified atom stereocenters.